The predicted octanol–water partition coefficient (Wildman–Crippen LogP) is 2.78. The first-order valence-electron chi connectivity index (χ1n) is 8.43. The van der Waals surface area contributed by atoms with E-state index in [2.05, 4.69) is 32.9 Å². The molecule has 6 heteroatoms. The second-order valence-electron chi connectivity index (χ2n) is 5.66. The van der Waals surface area contributed by atoms with Crippen LogP contribution in [0.15, 0.2) is 70.5 Å². The first-order chi connectivity index (χ1) is 12.3. The summed E-state index contributed by atoms with van der Waals surface area (Å²) in [6, 6.07) is 14.1. The van der Waals surface area contributed by atoms with Gasteiger partial charge in [-0.2, -0.15) is 5.10 Å². The highest BCUT2D eigenvalue weighted by atomic mass is 16.3. The lowest BCUT2D eigenvalue weighted by Crippen LogP contribution is -2.36. The lowest BCUT2D eigenvalue weighted by Gasteiger charge is -2.09. The van der Waals surface area contributed by atoms with Crippen molar-refractivity contribution in [3.8, 4) is 0 Å². The maximum Gasteiger partial charge on any atom is 0.191 e. The second kappa shape index (κ2) is 8.73. The summed E-state index contributed by atoms with van der Waals surface area (Å²) >= 11 is 0. The van der Waals surface area contributed by atoms with Gasteiger partial charge in [0.2, 0.25) is 0 Å². The molecule has 25 heavy (non-hydrogen) atoms. The molecule has 2 heterocycles. The summed E-state index contributed by atoms with van der Waals surface area (Å²) in [6.45, 7) is 4.79. The zero-order chi connectivity index (χ0) is 17.3. The highest BCUT2D eigenvalue weighted by molar-refractivity contribution is 5.79. The molecule has 0 aliphatic rings. The van der Waals surface area contributed by atoms with Crippen LogP contribution in [0, 0.1) is 0 Å². The molecule has 6 nitrogen and oxygen atoms in total. The third-order valence-corrected chi connectivity index (χ3v) is 3.65. The Morgan fingerprint density at radius 3 is 2.76 bits per heavy atom. The predicted molar refractivity (Wildman–Crippen MR) is 98.1 cm³/mol. The van der Waals surface area contributed by atoms with E-state index in [1.165, 1.54) is 5.56 Å². The van der Waals surface area contributed by atoms with E-state index < -0.39 is 0 Å². The molecular formula is C19H23N5O. The average Bonchev–Trinajstić information content (AvgIpc) is 3.30. The minimum Gasteiger partial charge on any atom is -0.467 e. The summed E-state index contributed by atoms with van der Waals surface area (Å²) in [5.74, 6) is 1.64. The van der Waals surface area contributed by atoms with Crippen LogP contribution in [-0.4, -0.2) is 22.3 Å². The second-order valence-corrected chi connectivity index (χ2v) is 5.66. The smallest absolute Gasteiger partial charge is 0.191 e. The van der Waals surface area contributed by atoms with Crippen molar-refractivity contribution in [1.82, 2.24) is 20.4 Å². The topological polar surface area (TPSA) is 67.4 Å². The van der Waals surface area contributed by atoms with Crippen molar-refractivity contribution in [2.75, 3.05) is 6.54 Å². The standard InChI is InChI=1S/C19H23N5O/c1-2-20-19(22-13-18-9-6-10-25-18)21-11-17-12-23-24(15-17)14-16-7-4-3-5-8-16/h3-10,12,15H,2,11,13-14H2,1H3,(H2,20,21,22). The first-order valence-corrected chi connectivity index (χ1v) is 8.43. The van der Waals surface area contributed by atoms with Gasteiger partial charge in [-0.25, -0.2) is 4.99 Å². The molecule has 0 fully saturated rings. The number of furan rings is 1. The number of aromatic nitrogens is 2. The summed E-state index contributed by atoms with van der Waals surface area (Å²) in [7, 11) is 0. The maximum atomic E-state index is 5.33. The van der Waals surface area contributed by atoms with E-state index >= 15 is 0 Å². The first kappa shape index (κ1) is 16.8. The van der Waals surface area contributed by atoms with Crippen molar-refractivity contribution in [1.29, 1.82) is 0 Å². The Bertz CT molecular complexity index is 777. The van der Waals surface area contributed by atoms with Gasteiger partial charge in [0.1, 0.15) is 5.76 Å². The van der Waals surface area contributed by atoms with E-state index in [9.17, 15) is 0 Å². The van der Waals surface area contributed by atoms with Crippen LogP contribution in [-0.2, 0) is 19.6 Å². The molecule has 3 rings (SSSR count). The molecule has 0 aliphatic carbocycles. The summed E-state index contributed by atoms with van der Waals surface area (Å²) < 4.78 is 7.26. The molecule has 0 atom stereocenters. The van der Waals surface area contributed by atoms with Crippen LogP contribution < -0.4 is 10.6 Å². The van der Waals surface area contributed by atoms with Crippen LogP contribution in [0.5, 0.6) is 0 Å². The van der Waals surface area contributed by atoms with Gasteiger partial charge in [0, 0.05) is 18.3 Å². The van der Waals surface area contributed by atoms with Crippen molar-refractivity contribution < 1.29 is 4.42 Å². The van der Waals surface area contributed by atoms with Gasteiger partial charge in [-0.3, -0.25) is 4.68 Å². The summed E-state index contributed by atoms with van der Waals surface area (Å²) in [4.78, 5) is 4.60. The van der Waals surface area contributed by atoms with E-state index in [0.717, 1.165) is 30.4 Å². The van der Waals surface area contributed by atoms with Gasteiger partial charge in [-0.1, -0.05) is 30.3 Å². The number of rotatable bonds is 7. The van der Waals surface area contributed by atoms with Gasteiger partial charge in [0.15, 0.2) is 5.96 Å². The zero-order valence-electron chi connectivity index (χ0n) is 14.4. The van der Waals surface area contributed by atoms with Crippen molar-refractivity contribution in [2.24, 2.45) is 4.99 Å². The number of hydrogen-bond donors (Lipinski definition) is 2. The number of guanidine groups is 1. The van der Waals surface area contributed by atoms with Crippen molar-refractivity contribution >= 4 is 5.96 Å². The molecule has 0 amide bonds. The third kappa shape index (κ3) is 5.24. The number of aliphatic imine (C=N–C) groups is 1. The number of nitrogens with zero attached hydrogens (tertiary/aromatic N) is 3. The van der Waals surface area contributed by atoms with Gasteiger partial charge in [-0.15, -0.1) is 0 Å². The Morgan fingerprint density at radius 1 is 1.12 bits per heavy atom. The normalized spacial score (nSPS) is 11.5. The summed E-state index contributed by atoms with van der Waals surface area (Å²) in [5, 5.41) is 10.9. The van der Waals surface area contributed by atoms with Crippen LogP contribution >= 0.6 is 0 Å². The molecule has 0 spiro atoms. The van der Waals surface area contributed by atoms with Crippen LogP contribution in [0.4, 0.5) is 0 Å². The molecule has 3 aromatic rings. The molecule has 0 radical (unpaired) electrons. The Hall–Kier alpha value is -3.02. The zero-order valence-corrected chi connectivity index (χ0v) is 14.4. The average molecular weight is 337 g/mol. The summed E-state index contributed by atoms with van der Waals surface area (Å²) in [6.07, 6.45) is 5.57. The van der Waals surface area contributed by atoms with Crippen molar-refractivity contribution in [3.63, 3.8) is 0 Å². The lowest BCUT2D eigenvalue weighted by molar-refractivity contribution is 0.501. The fourth-order valence-corrected chi connectivity index (χ4v) is 2.44. The van der Waals surface area contributed by atoms with Crippen LogP contribution in [0.25, 0.3) is 0 Å². The quantitative estimate of drug-likeness (QED) is 0.514. The fraction of sp³-hybridized carbons (Fsp3) is 0.263. The van der Waals surface area contributed by atoms with Gasteiger partial charge in [0.25, 0.3) is 0 Å². The van der Waals surface area contributed by atoms with E-state index in [4.69, 9.17) is 4.42 Å². The molecule has 0 aliphatic heterocycles. The highest BCUT2D eigenvalue weighted by Crippen LogP contribution is 2.05. The molecule has 2 N–H and O–H groups in total. The highest BCUT2D eigenvalue weighted by Gasteiger charge is 2.02. The Labute approximate surface area is 147 Å². The monoisotopic (exact) mass is 337 g/mol. The van der Waals surface area contributed by atoms with Gasteiger partial charge >= 0.3 is 0 Å². The van der Waals surface area contributed by atoms with E-state index in [-0.39, 0.29) is 0 Å². The van der Waals surface area contributed by atoms with Gasteiger partial charge in [-0.05, 0) is 24.6 Å². The fourth-order valence-electron chi connectivity index (χ4n) is 2.44. The SMILES string of the molecule is CCNC(=NCc1cnn(Cc2ccccc2)c1)NCc1ccco1. The van der Waals surface area contributed by atoms with Crippen molar-refractivity contribution in [2.45, 2.75) is 26.6 Å². The van der Waals surface area contributed by atoms with Gasteiger partial charge < -0.3 is 15.1 Å². The van der Waals surface area contributed by atoms with E-state index in [1.807, 2.05) is 54.3 Å². The molecule has 0 saturated carbocycles. The van der Waals surface area contributed by atoms with E-state index in [0.29, 0.717) is 13.1 Å². The molecule has 0 unspecified atom stereocenters. The molecule has 130 valence electrons. The lowest BCUT2D eigenvalue weighted by atomic mass is 10.2. The molecule has 0 saturated heterocycles. The number of nitrogens with one attached hydrogen (secondary N) is 2. The van der Waals surface area contributed by atoms with E-state index in [1.54, 1.807) is 6.26 Å². The van der Waals surface area contributed by atoms with Crippen LogP contribution in [0.1, 0.15) is 23.8 Å². The molecule has 0 bridgehead atoms. The summed E-state index contributed by atoms with van der Waals surface area (Å²) in [5.41, 5.74) is 2.31. The Balaban J connectivity index is 1.56. The Morgan fingerprint density at radius 2 is 2.00 bits per heavy atom. The third-order valence-electron chi connectivity index (χ3n) is 3.65. The largest absolute Gasteiger partial charge is 0.467 e. The molecule has 2 aromatic heterocycles. The van der Waals surface area contributed by atoms with Gasteiger partial charge in [0.05, 0.1) is 32.1 Å². The minimum absolute atomic E-state index is 0.572. The molecular weight excluding hydrogens is 314 g/mol. The maximum absolute atomic E-state index is 5.33. The minimum atomic E-state index is 0.572. The molecule has 1 aromatic carbocycles. The Kier molecular flexibility index (Phi) is 5.87. The van der Waals surface area contributed by atoms with Crippen LogP contribution in [0.2, 0.25) is 0 Å². The van der Waals surface area contributed by atoms with Crippen LogP contribution in [0.3, 0.4) is 0 Å². The van der Waals surface area contributed by atoms with Crippen molar-refractivity contribution in [3.05, 3.63) is 78.0 Å². The number of hydrogen-bond acceptors (Lipinski definition) is 3. The number of benzene rings is 1.